The van der Waals surface area contributed by atoms with Crippen LogP contribution in [-0.4, -0.2) is 46.6 Å². The number of ether oxygens (including phenoxy) is 3. The molecule has 0 aromatic heterocycles. The summed E-state index contributed by atoms with van der Waals surface area (Å²) < 4.78 is 44.7. The molecular formula is C21H25NO5S. The molecule has 2 heterocycles. The van der Waals surface area contributed by atoms with Crippen molar-refractivity contribution >= 4 is 10.0 Å². The average molecular weight is 404 g/mol. The first-order valence-electron chi connectivity index (χ1n) is 9.45. The molecule has 0 amide bonds. The van der Waals surface area contributed by atoms with Gasteiger partial charge in [0.05, 0.1) is 26.4 Å². The van der Waals surface area contributed by atoms with Gasteiger partial charge in [-0.05, 0) is 54.7 Å². The maximum atomic E-state index is 13.2. The zero-order chi connectivity index (χ0) is 19.8. The molecule has 6 nitrogen and oxygen atoms in total. The van der Waals surface area contributed by atoms with Crippen LogP contribution in [0.3, 0.4) is 0 Å². The van der Waals surface area contributed by atoms with Crippen LogP contribution in [0.1, 0.15) is 24.0 Å². The minimum atomic E-state index is -3.62. The van der Waals surface area contributed by atoms with Gasteiger partial charge < -0.3 is 14.2 Å². The van der Waals surface area contributed by atoms with E-state index in [2.05, 4.69) is 12.1 Å². The predicted octanol–water partition coefficient (Wildman–Crippen LogP) is 2.96. The normalized spacial score (nSPS) is 19.2. The lowest BCUT2D eigenvalue weighted by molar-refractivity contribution is -0.0892. The van der Waals surface area contributed by atoms with Crippen molar-refractivity contribution in [1.29, 1.82) is 0 Å². The van der Waals surface area contributed by atoms with Crippen LogP contribution in [0.4, 0.5) is 0 Å². The van der Waals surface area contributed by atoms with E-state index in [4.69, 9.17) is 14.2 Å². The van der Waals surface area contributed by atoms with Gasteiger partial charge in [-0.25, -0.2) is 8.42 Å². The Balaban J connectivity index is 1.59. The lowest BCUT2D eigenvalue weighted by Crippen LogP contribution is -2.48. The maximum Gasteiger partial charge on any atom is 0.246 e. The van der Waals surface area contributed by atoms with Crippen molar-refractivity contribution in [2.45, 2.75) is 29.8 Å². The fourth-order valence-electron chi connectivity index (χ4n) is 4.25. The van der Waals surface area contributed by atoms with Crippen molar-refractivity contribution in [2.24, 2.45) is 0 Å². The summed E-state index contributed by atoms with van der Waals surface area (Å²) in [5, 5.41) is 0. The molecule has 1 fully saturated rings. The fraction of sp³-hybridized carbons (Fsp3) is 0.429. The van der Waals surface area contributed by atoms with Gasteiger partial charge in [0.15, 0.2) is 0 Å². The molecule has 1 spiro atoms. The number of methoxy groups -OCH3 is 2. The molecule has 1 saturated heterocycles. The molecule has 0 saturated carbocycles. The number of sulfonamides is 1. The van der Waals surface area contributed by atoms with Crippen LogP contribution in [0.2, 0.25) is 0 Å². The summed E-state index contributed by atoms with van der Waals surface area (Å²) in [5.41, 5.74) is 1.97. The minimum Gasteiger partial charge on any atom is -0.497 e. The number of nitrogens with zero attached hydrogens (tertiary/aromatic N) is 1. The van der Waals surface area contributed by atoms with Gasteiger partial charge in [0.1, 0.15) is 16.4 Å². The third-order valence-electron chi connectivity index (χ3n) is 5.77. The minimum absolute atomic E-state index is 0.211. The van der Waals surface area contributed by atoms with Gasteiger partial charge in [0, 0.05) is 13.1 Å². The molecule has 0 N–H and O–H groups in total. The smallest absolute Gasteiger partial charge is 0.246 e. The van der Waals surface area contributed by atoms with E-state index in [9.17, 15) is 8.42 Å². The number of hydrogen-bond acceptors (Lipinski definition) is 5. The zero-order valence-corrected chi connectivity index (χ0v) is 17.0. The molecule has 4 rings (SSSR count). The van der Waals surface area contributed by atoms with E-state index in [0.717, 1.165) is 17.7 Å². The highest BCUT2D eigenvalue weighted by Crippen LogP contribution is 2.43. The van der Waals surface area contributed by atoms with Gasteiger partial charge in [-0.2, -0.15) is 4.31 Å². The van der Waals surface area contributed by atoms with E-state index in [1.165, 1.54) is 17.0 Å². The van der Waals surface area contributed by atoms with Crippen LogP contribution in [-0.2, 0) is 26.8 Å². The molecule has 7 heteroatoms. The van der Waals surface area contributed by atoms with Crippen LogP contribution in [0.15, 0.2) is 47.4 Å². The molecule has 2 aliphatic heterocycles. The number of para-hydroxylation sites is 1. The van der Waals surface area contributed by atoms with Crippen LogP contribution >= 0.6 is 0 Å². The Morgan fingerprint density at radius 2 is 1.79 bits per heavy atom. The molecule has 0 aliphatic carbocycles. The second-order valence-electron chi connectivity index (χ2n) is 7.17. The topological polar surface area (TPSA) is 65.1 Å². The third-order valence-corrected chi connectivity index (χ3v) is 7.71. The van der Waals surface area contributed by atoms with Gasteiger partial charge >= 0.3 is 0 Å². The highest BCUT2D eigenvalue weighted by atomic mass is 32.2. The Morgan fingerprint density at radius 3 is 2.50 bits per heavy atom. The van der Waals surface area contributed by atoms with Crippen LogP contribution in [0, 0.1) is 0 Å². The Hall–Kier alpha value is -2.09. The van der Waals surface area contributed by atoms with Gasteiger partial charge in [-0.15, -0.1) is 0 Å². The molecule has 0 unspecified atom stereocenters. The van der Waals surface area contributed by atoms with Crippen molar-refractivity contribution < 1.29 is 22.6 Å². The monoisotopic (exact) mass is 403 g/mol. The summed E-state index contributed by atoms with van der Waals surface area (Å²) in [6.45, 7) is 1.46. The van der Waals surface area contributed by atoms with Gasteiger partial charge in [0.25, 0.3) is 0 Å². The molecule has 2 aliphatic rings. The zero-order valence-electron chi connectivity index (χ0n) is 16.2. The quantitative estimate of drug-likeness (QED) is 0.785. The summed E-state index contributed by atoms with van der Waals surface area (Å²) in [6, 6.07) is 12.8. The summed E-state index contributed by atoms with van der Waals surface area (Å²) >= 11 is 0. The summed E-state index contributed by atoms with van der Waals surface area (Å²) in [4.78, 5) is 0.211. The number of piperidine rings is 1. The van der Waals surface area contributed by atoms with E-state index in [0.29, 0.717) is 38.3 Å². The second-order valence-corrected chi connectivity index (χ2v) is 9.08. The second kappa shape index (κ2) is 7.39. The maximum absolute atomic E-state index is 13.2. The van der Waals surface area contributed by atoms with Crippen molar-refractivity contribution in [3.05, 3.63) is 53.6 Å². The first-order valence-corrected chi connectivity index (χ1v) is 10.9. The van der Waals surface area contributed by atoms with Crippen molar-refractivity contribution in [1.82, 2.24) is 4.31 Å². The molecule has 0 bridgehead atoms. The molecule has 2 aromatic rings. The number of hydrogen-bond donors (Lipinski definition) is 0. The van der Waals surface area contributed by atoms with Crippen LogP contribution in [0.25, 0.3) is 0 Å². The lowest BCUT2D eigenvalue weighted by Gasteiger charge is -2.44. The lowest BCUT2D eigenvalue weighted by atomic mass is 9.80. The van der Waals surface area contributed by atoms with Gasteiger partial charge in [-0.1, -0.05) is 18.2 Å². The van der Waals surface area contributed by atoms with Crippen molar-refractivity contribution in [3.63, 3.8) is 0 Å². The van der Waals surface area contributed by atoms with Crippen LogP contribution in [0.5, 0.6) is 11.5 Å². The van der Waals surface area contributed by atoms with E-state index in [1.54, 1.807) is 31.4 Å². The molecule has 28 heavy (non-hydrogen) atoms. The number of fused-ring (bicyclic) bond motifs is 2. The van der Waals surface area contributed by atoms with Gasteiger partial charge in [0.2, 0.25) is 10.0 Å². The molecular weight excluding hydrogens is 378 g/mol. The Bertz CT molecular complexity index is 965. The Kier molecular flexibility index (Phi) is 5.07. The van der Waals surface area contributed by atoms with E-state index >= 15 is 0 Å². The van der Waals surface area contributed by atoms with Crippen molar-refractivity contribution in [3.8, 4) is 11.5 Å². The predicted molar refractivity (Wildman–Crippen MR) is 105 cm³/mol. The number of rotatable bonds is 4. The summed E-state index contributed by atoms with van der Waals surface area (Å²) in [7, 11) is -0.464. The fourth-order valence-corrected chi connectivity index (χ4v) is 5.85. The Labute approximate surface area is 166 Å². The van der Waals surface area contributed by atoms with Crippen LogP contribution < -0.4 is 9.47 Å². The van der Waals surface area contributed by atoms with E-state index < -0.39 is 15.6 Å². The first kappa shape index (κ1) is 19.2. The number of benzene rings is 2. The molecule has 2 aromatic carbocycles. The summed E-state index contributed by atoms with van der Waals surface area (Å²) in [5.74, 6) is 1.21. The standard InChI is InChI=1S/C21H25NO5S/c1-25-17-7-8-18-16(15-17)9-14-27-21(18)10-12-22(13-11-21)28(23,24)20-6-4-3-5-19(20)26-2/h3-8,15H,9-14H2,1-2H3. The SMILES string of the molecule is COc1ccc2c(c1)CCOC21CCN(S(=O)(=O)c2ccccc2OC)CC1. The third kappa shape index (κ3) is 3.17. The van der Waals surface area contributed by atoms with Gasteiger partial charge in [-0.3, -0.25) is 0 Å². The molecule has 150 valence electrons. The largest absolute Gasteiger partial charge is 0.497 e. The van der Waals surface area contributed by atoms with Crippen molar-refractivity contribution in [2.75, 3.05) is 33.9 Å². The Morgan fingerprint density at radius 1 is 1.04 bits per heavy atom. The average Bonchev–Trinajstić information content (AvgIpc) is 2.74. The summed E-state index contributed by atoms with van der Waals surface area (Å²) in [6.07, 6.45) is 2.10. The molecule has 0 atom stereocenters. The van der Waals surface area contributed by atoms with E-state index in [1.807, 2.05) is 6.07 Å². The first-order chi connectivity index (χ1) is 13.5. The highest BCUT2D eigenvalue weighted by Gasteiger charge is 2.43. The highest BCUT2D eigenvalue weighted by molar-refractivity contribution is 7.89. The van der Waals surface area contributed by atoms with E-state index in [-0.39, 0.29) is 4.90 Å². The molecule has 0 radical (unpaired) electrons.